The molecular weight excluding hydrogens is 380 g/mol. The van der Waals surface area contributed by atoms with Crippen molar-refractivity contribution in [3.8, 4) is 17.2 Å². The van der Waals surface area contributed by atoms with Gasteiger partial charge < -0.3 is 24.8 Å². The number of nitrogens with one attached hydrogen (secondary N) is 2. The summed E-state index contributed by atoms with van der Waals surface area (Å²) in [6.07, 6.45) is 0. The van der Waals surface area contributed by atoms with E-state index < -0.39 is 0 Å². The lowest BCUT2D eigenvalue weighted by atomic mass is 10.2. The second-order valence-electron chi connectivity index (χ2n) is 5.58. The Balaban J connectivity index is 1.83. The Morgan fingerprint density at radius 2 is 1.57 bits per heavy atom. The van der Waals surface area contributed by atoms with E-state index >= 15 is 0 Å². The van der Waals surface area contributed by atoms with Crippen LogP contribution in [0.4, 0.5) is 11.4 Å². The Labute approximate surface area is 168 Å². The predicted molar refractivity (Wildman–Crippen MR) is 112 cm³/mol. The predicted octanol–water partition coefficient (Wildman–Crippen LogP) is 3.41. The van der Waals surface area contributed by atoms with Gasteiger partial charge in [0.2, 0.25) is 11.8 Å². The van der Waals surface area contributed by atoms with E-state index in [0.29, 0.717) is 35.2 Å². The van der Waals surface area contributed by atoms with Crippen LogP contribution in [0.25, 0.3) is 0 Å². The van der Waals surface area contributed by atoms with Crippen LogP contribution in [0.5, 0.6) is 17.2 Å². The first kappa shape index (κ1) is 21.4. The minimum atomic E-state index is -0.237. The first-order valence-corrected chi connectivity index (χ1v) is 9.84. The van der Waals surface area contributed by atoms with Crippen molar-refractivity contribution < 1.29 is 23.8 Å². The van der Waals surface area contributed by atoms with Gasteiger partial charge >= 0.3 is 0 Å². The third kappa shape index (κ3) is 6.38. The quantitative estimate of drug-likeness (QED) is 0.631. The summed E-state index contributed by atoms with van der Waals surface area (Å²) >= 11 is 1.21. The largest absolute Gasteiger partial charge is 0.497 e. The van der Waals surface area contributed by atoms with Gasteiger partial charge in [0.25, 0.3) is 0 Å². The number of carbonyl (C=O) groups excluding carboxylic acids is 2. The lowest BCUT2D eigenvalue weighted by Crippen LogP contribution is -2.19. The molecule has 0 saturated carbocycles. The number of carbonyl (C=O) groups is 2. The molecule has 7 nitrogen and oxygen atoms in total. The monoisotopic (exact) mass is 404 g/mol. The maximum Gasteiger partial charge on any atom is 0.234 e. The van der Waals surface area contributed by atoms with Crippen LogP contribution in [0.2, 0.25) is 0 Å². The van der Waals surface area contributed by atoms with E-state index in [1.165, 1.54) is 18.9 Å². The van der Waals surface area contributed by atoms with E-state index in [2.05, 4.69) is 10.6 Å². The van der Waals surface area contributed by atoms with E-state index in [9.17, 15) is 9.59 Å². The van der Waals surface area contributed by atoms with Crippen molar-refractivity contribution in [2.45, 2.75) is 6.92 Å². The van der Waals surface area contributed by atoms with Gasteiger partial charge in [0.15, 0.2) is 0 Å². The maximum absolute atomic E-state index is 12.2. The summed E-state index contributed by atoms with van der Waals surface area (Å²) in [5, 5.41) is 5.57. The molecule has 2 aromatic carbocycles. The van der Waals surface area contributed by atoms with Crippen molar-refractivity contribution >= 4 is 35.0 Å². The van der Waals surface area contributed by atoms with Crippen LogP contribution in [-0.4, -0.2) is 44.1 Å². The molecule has 2 rings (SSSR count). The number of thioether (sulfide) groups is 1. The average Bonchev–Trinajstić information content (AvgIpc) is 2.69. The lowest BCUT2D eigenvalue weighted by molar-refractivity contribution is -0.114. The highest BCUT2D eigenvalue weighted by Gasteiger charge is 2.11. The van der Waals surface area contributed by atoms with E-state index in [4.69, 9.17) is 14.2 Å². The zero-order valence-electron chi connectivity index (χ0n) is 16.1. The summed E-state index contributed by atoms with van der Waals surface area (Å²) in [5.41, 5.74) is 1.13. The Hall–Kier alpha value is -2.87. The number of rotatable bonds is 10. The van der Waals surface area contributed by atoms with Crippen LogP contribution >= 0.6 is 11.8 Å². The summed E-state index contributed by atoms with van der Waals surface area (Å²) in [7, 11) is 3.07. The second kappa shape index (κ2) is 11.1. The smallest absolute Gasteiger partial charge is 0.234 e. The van der Waals surface area contributed by atoms with Crippen LogP contribution in [0, 0.1) is 0 Å². The molecule has 0 bridgehead atoms. The maximum atomic E-state index is 12.2. The van der Waals surface area contributed by atoms with Gasteiger partial charge in [-0.2, -0.15) is 0 Å². The van der Waals surface area contributed by atoms with Crippen LogP contribution in [0.15, 0.2) is 42.5 Å². The van der Waals surface area contributed by atoms with Gasteiger partial charge in [0.1, 0.15) is 17.2 Å². The van der Waals surface area contributed by atoms with E-state index in [1.54, 1.807) is 37.4 Å². The van der Waals surface area contributed by atoms with E-state index in [-0.39, 0.29) is 23.3 Å². The molecule has 0 atom stereocenters. The standard InChI is InChI=1S/C20H24N2O5S/c1-4-27-18-8-6-5-7-15(18)21-19(23)12-28-13-20(24)22-16-11-14(25-2)9-10-17(16)26-3/h5-11H,4,12-13H2,1-3H3,(H,21,23)(H,22,24). The summed E-state index contributed by atoms with van der Waals surface area (Å²) in [6, 6.07) is 12.4. The summed E-state index contributed by atoms with van der Waals surface area (Å²) in [6.45, 7) is 2.39. The molecule has 28 heavy (non-hydrogen) atoms. The molecule has 0 aromatic heterocycles. The van der Waals surface area contributed by atoms with Crippen LogP contribution in [0.3, 0.4) is 0 Å². The molecule has 150 valence electrons. The zero-order chi connectivity index (χ0) is 20.4. The molecule has 0 aliphatic heterocycles. The van der Waals surface area contributed by atoms with Crippen molar-refractivity contribution in [1.82, 2.24) is 0 Å². The average molecular weight is 404 g/mol. The lowest BCUT2D eigenvalue weighted by Gasteiger charge is -2.12. The number of para-hydroxylation sites is 2. The van der Waals surface area contributed by atoms with E-state index in [1.807, 2.05) is 19.1 Å². The normalized spacial score (nSPS) is 10.1. The molecule has 0 aliphatic carbocycles. The fourth-order valence-electron chi connectivity index (χ4n) is 2.37. The number of amides is 2. The minimum Gasteiger partial charge on any atom is -0.497 e. The molecule has 0 heterocycles. The van der Waals surface area contributed by atoms with Crippen LogP contribution in [-0.2, 0) is 9.59 Å². The fourth-order valence-corrected chi connectivity index (χ4v) is 2.99. The Morgan fingerprint density at radius 1 is 0.893 bits per heavy atom. The van der Waals surface area contributed by atoms with E-state index in [0.717, 1.165) is 0 Å². The highest BCUT2D eigenvalue weighted by atomic mass is 32.2. The molecule has 8 heteroatoms. The van der Waals surface area contributed by atoms with Crippen molar-refractivity contribution in [1.29, 1.82) is 0 Å². The van der Waals surface area contributed by atoms with Crippen LogP contribution in [0.1, 0.15) is 6.92 Å². The van der Waals surface area contributed by atoms with Gasteiger partial charge in [0, 0.05) is 6.07 Å². The topological polar surface area (TPSA) is 85.9 Å². The number of benzene rings is 2. The highest BCUT2D eigenvalue weighted by Crippen LogP contribution is 2.29. The second-order valence-corrected chi connectivity index (χ2v) is 6.57. The number of hydrogen-bond donors (Lipinski definition) is 2. The summed E-state index contributed by atoms with van der Waals surface area (Å²) in [5.74, 6) is 1.58. The zero-order valence-corrected chi connectivity index (χ0v) is 16.9. The number of ether oxygens (including phenoxy) is 3. The first-order chi connectivity index (χ1) is 13.6. The van der Waals surface area contributed by atoms with Crippen molar-refractivity contribution in [2.75, 3.05) is 43.0 Å². The molecule has 2 N–H and O–H groups in total. The molecular formula is C20H24N2O5S. The molecule has 0 spiro atoms. The van der Waals surface area contributed by atoms with Gasteiger partial charge in [-0.25, -0.2) is 0 Å². The van der Waals surface area contributed by atoms with Gasteiger partial charge in [-0.05, 0) is 31.2 Å². The minimum absolute atomic E-state index is 0.126. The summed E-state index contributed by atoms with van der Waals surface area (Å²) in [4.78, 5) is 24.3. The molecule has 2 amide bonds. The summed E-state index contributed by atoms with van der Waals surface area (Å²) < 4.78 is 15.9. The van der Waals surface area contributed by atoms with Crippen molar-refractivity contribution in [2.24, 2.45) is 0 Å². The van der Waals surface area contributed by atoms with Crippen molar-refractivity contribution in [3.05, 3.63) is 42.5 Å². The molecule has 0 fully saturated rings. The Bertz CT molecular complexity index is 813. The molecule has 0 aliphatic rings. The molecule has 2 aromatic rings. The van der Waals surface area contributed by atoms with Gasteiger partial charge in [-0.15, -0.1) is 11.8 Å². The Kier molecular flexibility index (Phi) is 8.48. The van der Waals surface area contributed by atoms with Gasteiger partial charge in [-0.1, -0.05) is 12.1 Å². The third-order valence-corrected chi connectivity index (χ3v) is 4.54. The molecule has 0 radical (unpaired) electrons. The van der Waals surface area contributed by atoms with Crippen molar-refractivity contribution in [3.63, 3.8) is 0 Å². The van der Waals surface area contributed by atoms with Gasteiger partial charge in [-0.3, -0.25) is 9.59 Å². The molecule has 0 unspecified atom stereocenters. The van der Waals surface area contributed by atoms with Crippen LogP contribution < -0.4 is 24.8 Å². The SMILES string of the molecule is CCOc1ccccc1NC(=O)CSCC(=O)Nc1cc(OC)ccc1OC. The first-order valence-electron chi connectivity index (χ1n) is 8.68. The molecule has 0 saturated heterocycles. The third-order valence-electron chi connectivity index (χ3n) is 3.61. The van der Waals surface area contributed by atoms with Gasteiger partial charge in [0.05, 0.1) is 43.7 Å². The number of anilines is 2. The number of hydrogen-bond acceptors (Lipinski definition) is 6. The number of methoxy groups -OCH3 is 2. The fraction of sp³-hybridized carbons (Fsp3) is 0.300. The highest BCUT2D eigenvalue weighted by molar-refractivity contribution is 8.00. The Morgan fingerprint density at radius 3 is 2.21 bits per heavy atom.